The number of carbonyl (C=O) groups is 2. The Hall–Kier alpha value is -2.78. The van der Waals surface area contributed by atoms with Gasteiger partial charge in [-0.25, -0.2) is 19.9 Å². The molecule has 9 rings (SSSR count). The zero-order chi connectivity index (χ0) is 35.6. The average molecular weight is 753 g/mol. The van der Waals surface area contributed by atoms with Crippen LogP contribution in [0.2, 0.25) is 20.1 Å². The van der Waals surface area contributed by atoms with Crippen molar-refractivity contribution in [2.24, 2.45) is 10.8 Å². The maximum absolute atomic E-state index is 15.0. The summed E-state index contributed by atoms with van der Waals surface area (Å²) in [7, 11) is 0. The van der Waals surface area contributed by atoms with Gasteiger partial charge in [0.05, 0.1) is 75.8 Å². The van der Waals surface area contributed by atoms with E-state index >= 15 is 0 Å². The number of hydrogen-bond donors (Lipinski definition) is 0. The van der Waals surface area contributed by atoms with Gasteiger partial charge in [0.25, 0.3) is 0 Å². The van der Waals surface area contributed by atoms with Crippen molar-refractivity contribution < 1.29 is 9.59 Å². The molecule has 2 aromatic heterocycles. The fraction of sp³-hybridized carbons (Fsp3) is 0.526. The van der Waals surface area contributed by atoms with Crippen LogP contribution in [0.1, 0.15) is 90.0 Å². The van der Waals surface area contributed by atoms with Crippen molar-refractivity contribution in [3.05, 3.63) is 67.1 Å². The van der Waals surface area contributed by atoms with Crippen LogP contribution in [0.3, 0.4) is 0 Å². The van der Waals surface area contributed by atoms with Gasteiger partial charge in [0, 0.05) is 37.0 Å². The van der Waals surface area contributed by atoms with E-state index in [0.29, 0.717) is 81.2 Å². The minimum atomic E-state index is -0.838. The summed E-state index contributed by atoms with van der Waals surface area (Å²) in [5.41, 5.74) is 2.69. The van der Waals surface area contributed by atoms with Gasteiger partial charge < -0.3 is 9.80 Å². The first-order valence-electron chi connectivity index (χ1n) is 17.4. The largest absolute Gasteiger partial charge is 0.338 e. The highest BCUT2D eigenvalue weighted by Crippen LogP contribution is 2.72. The predicted octanol–water partition coefficient (Wildman–Crippen LogP) is 8.22. The van der Waals surface area contributed by atoms with E-state index in [4.69, 9.17) is 66.3 Å². The summed E-state index contributed by atoms with van der Waals surface area (Å²) >= 11 is 25.5. The second-order valence-corrected chi connectivity index (χ2v) is 18.3. The van der Waals surface area contributed by atoms with Crippen LogP contribution in [0.4, 0.5) is 0 Å². The Morgan fingerprint density at radius 1 is 0.500 bits per heavy atom. The molecule has 5 aliphatic rings. The Kier molecular flexibility index (Phi) is 6.62. The predicted molar refractivity (Wildman–Crippen MR) is 196 cm³/mol. The van der Waals surface area contributed by atoms with E-state index in [9.17, 15) is 9.59 Å². The van der Waals surface area contributed by atoms with Crippen LogP contribution in [0, 0.1) is 10.8 Å². The quantitative estimate of drug-likeness (QED) is 0.205. The molecule has 3 fully saturated rings. The second-order valence-electron chi connectivity index (χ2n) is 16.7. The van der Waals surface area contributed by atoms with Crippen LogP contribution in [-0.4, -0.2) is 67.7 Å². The summed E-state index contributed by atoms with van der Waals surface area (Å²) in [6, 6.07) is 7.00. The Labute approximate surface area is 311 Å². The Morgan fingerprint density at radius 2 is 0.780 bits per heavy atom. The zero-order valence-corrected chi connectivity index (χ0v) is 32.0. The van der Waals surface area contributed by atoms with E-state index in [1.807, 2.05) is 9.80 Å². The lowest BCUT2D eigenvalue weighted by Crippen LogP contribution is -2.61. The van der Waals surface area contributed by atoms with Crippen LogP contribution in [0.15, 0.2) is 24.3 Å². The van der Waals surface area contributed by atoms with Crippen LogP contribution >= 0.6 is 46.4 Å². The smallest absolute Gasteiger partial charge is 0.235 e. The average Bonchev–Trinajstić information content (AvgIpc) is 3.54. The third kappa shape index (κ3) is 3.58. The monoisotopic (exact) mass is 750 g/mol. The summed E-state index contributed by atoms with van der Waals surface area (Å²) < 4.78 is 0. The summed E-state index contributed by atoms with van der Waals surface area (Å²) in [4.78, 5) is 54.3. The van der Waals surface area contributed by atoms with Crippen molar-refractivity contribution in [3.63, 3.8) is 0 Å². The molecule has 12 heteroatoms. The Bertz CT molecular complexity index is 2090. The van der Waals surface area contributed by atoms with Gasteiger partial charge in [-0.2, -0.15) is 0 Å². The SMILES string of the molecule is CC12CCC(C(=O)N3CCN(C(=O)C45CCC(C)(c6nc7cc(Cl)c(Cl)cc7nc64)C5(C)C)CC3)(c3nc4cc(Cl)c(Cl)cc4nc31)C2(C)C. The van der Waals surface area contributed by atoms with Crippen molar-refractivity contribution in [2.75, 3.05) is 26.2 Å². The van der Waals surface area contributed by atoms with Crippen LogP contribution < -0.4 is 0 Å². The number of carbonyl (C=O) groups excluding carboxylic acids is 2. The topological polar surface area (TPSA) is 92.2 Å². The third-order valence-corrected chi connectivity index (χ3v) is 16.2. The number of rotatable bonds is 2. The molecule has 4 aliphatic carbocycles. The van der Waals surface area contributed by atoms with Gasteiger partial charge in [-0.15, -0.1) is 0 Å². The standard InChI is InChI=1S/C38H38Cl4N6O2/c1-33(2)35(5)7-9-37(33,29-27(35)43-23-15-19(39)21(41)17-25(23)45-29)31(49)47-11-13-48(14-12-47)32(50)38-10-8-36(6,34(38,3)4)28-30(38)46-26-18-22(42)20(40)16-24(26)44-28/h15-18H,7-14H2,1-6H3. The van der Waals surface area contributed by atoms with Crippen molar-refractivity contribution in [1.82, 2.24) is 29.7 Å². The number of halogens is 4. The van der Waals surface area contributed by atoms with Crippen LogP contribution in [0.25, 0.3) is 22.1 Å². The molecule has 0 N–H and O–H groups in total. The van der Waals surface area contributed by atoms with Gasteiger partial charge in [0.2, 0.25) is 11.8 Å². The summed E-state index contributed by atoms with van der Waals surface area (Å²) in [6.45, 7) is 14.9. The molecule has 2 aromatic carbocycles. The van der Waals surface area contributed by atoms with E-state index in [0.717, 1.165) is 35.6 Å². The molecule has 50 heavy (non-hydrogen) atoms. The highest BCUT2D eigenvalue weighted by molar-refractivity contribution is 6.43. The highest BCUT2D eigenvalue weighted by atomic mass is 35.5. The van der Waals surface area contributed by atoms with Crippen molar-refractivity contribution in [1.29, 1.82) is 0 Å². The maximum atomic E-state index is 15.0. The van der Waals surface area contributed by atoms with Gasteiger partial charge in [-0.1, -0.05) is 87.9 Å². The molecule has 4 unspecified atom stereocenters. The lowest BCUT2D eigenvalue weighted by atomic mass is 9.63. The Morgan fingerprint density at radius 3 is 1.08 bits per heavy atom. The third-order valence-electron chi connectivity index (χ3n) is 14.7. The van der Waals surface area contributed by atoms with Gasteiger partial charge in [-0.3, -0.25) is 9.59 Å². The molecule has 0 spiro atoms. The van der Waals surface area contributed by atoms with Crippen LogP contribution in [-0.2, 0) is 31.2 Å². The number of hydrogen-bond acceptors (Lipinski definition) is 6. The first-order valence-corrected chi connectivity index (χ1v) is 18.9. The normalized spacial score (nSPS) is 31.5. The molecule has 8 nitrogen and oxygen atoms in total. The molecule has 1 saturated heterocycles. The molecule has 3 heterocycles. The van der Waals surface area contributed by atoms with E-state index < -0.39 is 21.7 Å². The number of piperazine rings is 1. The fourth-order valence-corrected chi connectivity index (χ4v) is 11.4. The van der Waals surface area contributed by atoms with Crippen molar-refractivity contribution in [2.45, 2.75) is 88.9 Å². The van der Waals surface area contributed by atoms with Gasteiger partial charge in [0.1, 0.15) is 0 Å². The number of amides is 2. The second kappa shape index (κ2) is 10.00. The van der Waals surface area contributed by atoms with E-state index in [1.165, 1.54) is 0 Å². The first-order chi connectivity index (χ1) is 23.4. The van der Waals surface area contributed by atoms with Crippen molar-refractivity contribution >= 4 is 80.3 Å². The van der Waals surface area contributed by atoms with E-state index in [1.54, 1.807) is 24.3 Å². The number of nitrogens with zero attached hydrogens (tertiary/aromatic N) is 6. The van der Waals surface area contributed by atoms with Gasteiger partial charge in [0.15, 0.2) is 0 Å². The summed E-state index contributed by atoms with van der Waals surface area (Å²) in [5, 5.41) is 1.68. The number of fused-ring (bicyclic) bond motifs is 12. The van der Waals surface area contributed by atoms with E-state index in [2.05, 4.69) is 41.5 Å². The molecule has 2 saturated carbocycles. The van der Waals surface area contributed by atoms with Crippen molar-refractivity contribution in [3.8, 4) is 0 Å². The molecule has 1 aliphatic heterocycles. The molecule has 4 atom stereocenters. The van der Waals surface area contributed by atoms with Crippen LogP contribution in [0.5, 0.6) is 0 Å². The lowest BCUT2D eigenvalue weighted by molar-refractivity contribution is -0.150. The molecule has 260 valence electrons. The zero-order valence-electron chi connectivity index (χ0n) is 29.0. The Balaban J connectivity index is 1.04. The lowest BCUT2D eigenvalue weighted by Gasteiger charge is -2.46. The number of benzene rings is 2. The molecule has 4 aromatic rings. The van der Waals surface area contributed by atoms with E-state index in [-0.39, 0.29) is 22.6 Å². The summed E-state index contributed by atoms with van der Waals surface area (Å²) in [5.74, 6) is 0.133. The highest BCUT2D eigenvalue weighted by Gasteiger charge is 2.75. The summed E-state index contributed by atoms with van der Waals surface area (Å²) in [6.07, 6.45) is 3.05. The minimum absolute atomic E-state index is 0.0665. The van der Waals surface area contributed by atoms with Gasteiger partial charge in [-0.05, 0) is 60.8 Å². The molecule has 2 amide bonds. The minimum Gasteiger partial charge on any atom is -0.338 e. The molecule has 0 radical (unpaired) electrons. The number of aromatic nitrogens is 4. The van der Waals surface area contributed by atoms with Gasteiger partial charge >= 0.3 is 0 Å². The molecular formula is C38H38Cl4N6O2. The first kappa shape index (κ1) is 33.1. The molecule has 4 bridgehead atoms. The maximum Gasteiger partial charge on any atom is 0.235 e. The molecular weight excluding hydrogens is 714 g/mol. The fourth-order valence-electron chi connectivity index (χ4n) is 10.8.